The lowest BCUT2D eigenvalue weighted by Gasteiger charge is -2.27. The molecule has 0 saturated carbocycles. The van der Waals surface area contributed by atoms with Gasteiger partial charge in [-0.05, 0) is 49.6 Å². The summed E-state index contributed by atoms with van der Waals surface area (Å²) in [6.07, 6.45) is 2.93. The number of hydrogen-bond donors (Lipinski definition) is 1. The zero-order chi connectivity index (χ0) is 23.4. The fraction of sp³-hybridized carbons (Fsp3) is 0.318. The number of methoxy groups -OCH3 is 1. The Morgan fingerprint density at radius 1 is 1.18 bits per heavy atom. The minimum atomic E-state index is -3.96. The largest absolute Gasteiger partial charge is 0.496 e. The van der Waals surface area contributed by atoms with Crippen LogP contribution in [-0.2, 0) is 16.6 Å². The van der Waals surface area contributed by atoms with Crippen molar-refractivity contribution in [3.8, 4) is 17.1 Å². The van der Waals surface area contributed by atoms with Crippen molar-refractivity contribution in [2.75, 3.05) is 20.2 Å². The van der Waals surface area contributed by atoms with Crippen LogP contribution in [0.4, 0.5) is 0 Å². The van der Waals surface area contributed by atoms with Crippen LogP contribution in [0.5, 0.6) is 5.75 Å². The number of sulfonamides is 1. The van der Waals surface area contributed by atoms with Crippen molar-refractivity contribution in [1.29, 1.82) is 0 Å². The first-order chi connectivity index (χ1) is 15.9. The van der Waals surface area contributed by atoms with Crippen LogP contribution < -0.4 is 9.46 Å². The second-order valence-electron chi connectivity index (χ2n) is 7.56. The van der Waals surface area contributed by atoms with Gasteiger partial charge in [0.05, 0.1) is 24.1 Å². The van der Waals surface area contributed by atoms with E-state index in [0.29, 0.717) is 35.2 Å². The molecule has 0 bridgehead atoms. The molecule has 2 aromatic carbocycles. The lowest BCUT2D eigenvalue weighted by Crippen LogP contribution is -2.36. The van der Waals surface area contributed by atoms with Crippen molar-refractivity contribution >= 4 is 27.5 Å². The van der Waals surface area contributed by atoms with Gasteiger partial charge in [-0.3, -0.25) is 4.79 Å². The van der Waals surface area contributed by atoms with Gasteiger partial charge in [0, 0.05) is 23.7 Å². The van der Waals surface area contributed by atoms with Gasteiger partial charge in [0.2, 0.25) is 21.7 Å². The number of ether oxygens (including phenoxy) is 1. The summed E-state index contributed by atoms with van der Waals surface area (Å²) in [6.45, 7) is 1.07. The van der Waals surface area contributed by atoms with E-state index >= 15 is 0 Å². The molecule has 1 N–H and O–H groups in total. The third-order valence-electron chi connectivity index (χ3n) is 5.32. The Hall–Kier alpha value is -2.95. The molecule has 0 atom stereocenters. The van der Waals surface area contributed by atoms with E-state index in [2.05, 4.69) is 14.9 Å². The highest BCUT2D eigenvalue weighted by molar-refractivity contribution is 7.89. The van der Waals surface area contributed by atoms with E-state index < -0.39 is 10.0 Å². The maximum Gasteiger partial charge on any atom is 0.257 e. The van der Waals surface area contributed by atoms with Crippen molar-refractivity contribution in [2.45, 2.75) is 30.7 Å². The van der Waals surface area contributed by atoms with Gasteiger partial charge in [0.25, 0.3) is 5.91 Å². The van der Waals surface area contributed by atoms with E-state index in [0.717, 1.165) is 19.3 Å². The number of carbonyl (C=O) groups excluding carboxylic acids is 1. The minimum Gasteiger partial charge on any atom is -0.496 e. The van der Waals surface area contributed by atoms with Gasteiger partial charge >= 0.3 is 0 Å². The van der Waals surface area contributed by atoms with Crippen molar-refractivity contribution in [3.05, 3.63) is 58.9 Å². The minimum absolute atomic E-state index is 0.0572. The first kappa shape index (κ1) is 23.2. The Morgan fingerprint density at radius 3 is 2.70 bits per heavy atom. The average Bonchev–Trinajstić information content (AvgIpc) is 3.32. The van der Waals surface area contributed by atoms with Crippen LogP contribution in [0.3, 0.4) is 0 Å². The molecule has 2 heterocycles. The number of likely N-dealkylation sites (tertiary alicyclic amines) is 1. The summed E-state index contributed by atoms with van der Waals surface area (Å²) in [5.74, 6) is 0.469. The first-order valence-corrected chi connectivity index (χ1v) is 12.3. The Labute approximate surface area is 196 Å². The van der Waals surface area contributed by atoms with Crippen molar-refractivity contribution in [1.82, 2.24) is 19.8 Å². The maximum absolute atomic E-state index is 13.0. The second-order valence-corrected chi connectivity index (χ2v) is 9.76. The Kier molecular flexibility index (Phi) is 6.96. The van der Waals surface area contributed by atoms with Crippen molar-refractivity contribution < 1.29 is 22.5 Å². The lowest BCUT2D eigenvalue weighted by atomic mass is 10.1. The molecule has 174 valence electrons. The second kappa shape index (κ2) is 9.90. The van der Waals surface area contributed by atoms with Crippen LogP contribution in [0.15, 0.2) is 51.9 Å². The molecule has 1 aliphatic heterocycles. The van der Waals surface area contributed by atoms with E-state index in [4.69, 9.17) is 20.9 Å². The standard InChI is InChI=1S/C22H23ClN4O5S/c1-31-19-9-8-17(13-18(19)22(28)27-10-3-2-4-11-27)33(29,30)24-14-20-25-21(26-32-20)15-6-5-7-16(23)12-15/h5-9,12-13,24H,2-4,10-11,14H2,1H3. The summed E-state index contributed by atoms with van der Waals surface area (Å²) in [4.78, 5) is 18.9. The molecular weight excluding hydrogens is 468 g/mol. The summed E-state index contributed by atoms with van der Waals surface area (Å²) in [5.41, 5.74) is 0.861. The molecule has 1 fully saturated rings. The highest BCUT2D eigenvalue weighted by Crippen LogP contribution is 2.26. The summed E-state index contributed by atoms with van der Waals surface area (Å²) in [5, 5.41) is 4.39. The number of benzene rings is 2. The van der Waals surface area contributed by atoms with Crippen LogP contribution in [0.2, 0.25) is 5.02 Å². The van der Waals surface area contributed by atoms with Gasteiger partial charge in [0.1, 0.15) is 5.75 Å². The van der Waals surface area contributed by atoms with Gasteiger partial charge < -0.3 is 14.2 Å². The number of piperidine rings is 1. The summed E-state index contributed by atoms with van der Waals surface area (Å²) in [6, 6.07) is 11.1. The van der Waals surface area contributed by atoms with Crippen molar-refractivity contribution in [2.24, 2.45) is 0 Å². The van der Waals surface area contributed by atoms with Gasteiger partial charge in [0.15, 0.2) is 0 Å². The Balaban J connectivity index is 1.51. The third-order valence-corrected chi connectivity index (χ3v) is 6.95. The van der Waals surface area contributed by atoms with Gasteiger partial charge in [-0.15, -0.1) is 0 Å². The zero-order valence-electron chi connectivity index (χ0n) is 18.0. The molecule has 0 aliphatic carbocycles. The fourth-order valence-electron chi connectivity index (χ4n) is 3.60. The Morgan fingerprint density at radius 2 is 1.97 bits per heavy atom. The summed E-state index contributed by atoms with van der Waals surface area (Å²) >= 11 is 5.98. The van der Waals surface area contributed by atoms with Crippen LogP contribution in [0.25, 0.3) is 11.4 Å². The summed E-state index contributed by atoms with van der Waals surface area (Å²) < 4.78 is 38.7. The molecule has 33 heavy (non-hydrogen) atoms. The smallest absolute Gasteiger partial charge is 0.257 e. The van der Waals surface area contributed by atoms with Crippen LogP contribution in [0, 0.1) is 0 Å². The highest BCUT2D eigenvalue weighted by atomic mass is 35.5. The molecule has 0 radical (unpaired) electrons. The number of amides is 1. The maximum atomic E-state index is 13.0. The molecule has 9 nitrogen and oxygen atoms in total. The summed E-state index contributed by atoms with van der Waals surface area (Å²) in [7, 11) is -2.51. The van der Waals surface area contributed by atoms with Crippen LogP contribution in [-0.4, -0.2) is 49.6 Å². The molecule has 1 aliphatic rings. The van der Waals surface area contributed by atoms with Gasteiger partial charge in [-0.25, -0.2) is 13.1 Å². The highest BCUT2D eigenvalue weighted by Gasteiger charge is 2.25. The van der Waals surface area contributed by atoms with Gasteiger partial charge in [-0.2, -0.15) is 4.98 Å². The number of nitrogens with zero attached hydrogens (tertiary/aromatic N) is 3. The number of carbonyl (C=O) groups is 1. The predicted molar refractivity (Wildman–Crippen MR) is 122 cm³/mol. The first-order valence-electron chi connectivity index (χ1n) is 10.4. The molecule has 1 amide bonds. The van der Waals surface area contributed by atoms with Gasteiger partial charge in [-0.1, -0.05) is 28.9 Å². The Bertz CT molecular complexity index is 1260. The quantitative estimate of drug-likeness (QED) is 0.539. The zero-order valence-corrected chi connectivity index (χ0v) is 19.5. The molecular formula is C22H23ClN4O5S. The molecule has 4 rings (SSSR count). The van der Waals surface area contributed by atoms with Crippen molar-refractivity contribution in [3.63, 3.8) is 0 Å². The number of nitrogens with one attached hydrogen (secondary N) is 1. The molecule has 0 unspecified atom stereocenters. The van der Waals surface area contributed by atoms with E-state index in [-0.39, 0.29) is 28.8 Å². The van der Waals surface area contributed by atoms with E-state index in [9.17, 15) is 13.2 Å². The molecule has 1 saturated heterocycles. The SMILES string of the molecule is COc1ccc(S(=O)(=O)NCc2nc(-c3cccc(Cl)c3)no2)cc1C(=O)N1CCCCC1. The average molecular weight is 491 g/mol. The molecule has 0 spiro atoms. The topological polar surface area (TPSA) is 115 Å². The lowest BCUT2D eigenvalue weighted by molar-refractivity contribution is 0.0720. The molecule has 1 aromatic heterocycles. The molecule has 3 aromatic rings. The fourth-order valence-corrected chi connectivity index (χ4v) is 4.79. The van der Waals surface area contributed by atoms with E-state index in [1.807, 2.05) is 0 Å². The predicted octanol–water partition coefficient (Wildman–Crippen LogP) is 3.50. The number of rotatable bonds is 7. The number of aromatic nitrogens is 2. The monoisotopic (exact) mass is 490 g/mol. The number of hydrogen-bond acceptors (Lipinski definition) is 7. The van der Waals surface area contributed by atoms with Crippen LogP contribution >= 0.6 is 11.6 Å². The third kappa shape index (κ3) is 5.35. The van der Waals surface area contributed by atoms with Crippen LogP contribution in [0.1, 0.15) is 35.5 Å². The number of halogens is 1. The molecule has 11 heteroatoms. The normalized spacial score (nSPS) is 14.3. The van der Waals surface area contributed by atoms with E-state index in [1.165, 1.54) is 25.3 Å². The van der Waals surface area contributed by atoms with E-state index in [1.54, 1.807) is 29.2 Å².